The molecule has 1 aliphatic rings. The lowest BCUT2D eigenvalue weighted by Crippen LogP contribution is -2.37. The van der Waals surface area contributed by atoms with Crippen LogP contribution in [0.1, 0.15) is 19.4 Å². The molecule has 0 amide bonds. The molecule has 0 bridgehead atoms. The van der Waals surface area contributed by atoms with Crippen molar-refractivity contribution in [2.24, 2.45) is 11.8 Å². The lowest BCUT2D eigenvalue weighted by Gasteiger charge is -2.27. The van der Waals surface area contributed by atoms with Gasteiger partial charge in [-0.15, -0.1) is 0 Å². The Kier molecular flexibility index (Phi) is 5.89. The van der Waals surface area contributed by atoms with Crippen LogP contribution < -0.4 is 4.74 Å². The molecule has 1 fully saturated rings. The summed E-state index contributed by atoms with van der Waals surface area (Å²) in [5.41, 5.74) is 2.08. The molecule has 0 N–H and O–H groups in total. The van der Waals surface area contributed by atoms with Crippen LogP contribution in [-0.4, -0.2) is 60.1 Å². The number of likely N-dealkylation sites (tertiary alicyclic amines) is 1. The highest BCUT2D eigenvalue weighted by molar-refractivity contribution is 5.63. The molecule has 2 atom stereocenters. The van der Waals surface area contributed by atoms with Crippen LogP contribution >= 0.6 is 0 Å². The zero-order valence-electron chi connectivity index (χ0n) is 16.5. The van der Waals surface area contributed by atoms with E-state index in [1.54, 1.807) is 7.11 Å². The van der Waals surface area contributed by atoms with Crippen molar-refractivity contribution in [1.29, 1.82) is 0 Å². The molecule has 1 aliphatic heterocycles. The molecule has 1 saturated heterocycles. The quantitative estimate of drug-likeness (QED) is 0.797. The average molecular weight is 354 g/mol. The van der Waals surface area contributed by atoms with Crippen molar-refractivity contribution in [3.63, 3.8) is 0 Å². The largest absolute Gasteiger partial charge is 0.496 e. The summed E-state index contributed by atoms with van der Waals surface area (Å²) in [5.74, 6) is 2.91. The van der Waals surface area contributed by atoms with E-state index in [9.17, 15) is 0 Å². The molecule has 1 aromatic heterocycles. The third-order valence-electron chi connectivity index (χ3n) is 5.39. The van der Waals surface area contributed by atoms with E-state index in [0.717, 1.165) is 36.5 Å². The summed E-state index contributed by atoms with van der Waals surface area (Å²) < 4.78 is 5.41. The number of methoxy groups -OCH3 is 1. The number of hydrogen-bond acceptors (Lipinski definition) is 5. The molecular weight excluding hydrogens is 324 g/mol. The first-order valence-electron chi connectivity index (χ1n) is 9.32. The molecule has 0 radical (unpaired) electrons. The Bertz CT molecular complexity index is 698. The van der Waals surface area contributed by atoms with Gasteiger partial charge in [0.1, 0.15) is 5.75 Å². The Morgan fingerprint density at radius 3 is 2.42 bits per heavy atom. The topological polar surface area (TPSA) is 41.5 Å². The first-order valence-corrected chi connectivity index (χ1v) is 9.32. The highest BCUT2D eigenvalue weighted by Gasteiger charge is 2.35. The Labute approximate surface area is 157 Å². The monoisotopic (exact) mass is 354 g/mol. The van der Waals surface area contributed by atoms with Gasteiger partial charge in [-0.2, -0.15) is 0 Å². The standard InChI is InChI=1S/C21H30N4O/c1-15(2)18-13-25(14-19(18)24(3)4)12-16-10-22-21(23-11-16)17-8-6-7-9-20(17)26-5/h6-11,15,18-19H,12-14H2,1-5H3/t18-,19+/m0/s1. The van der Waals surface area contributed by atoms with Gasteiger partial charge in [0, 0.05) is 43.6 Å². The van der Waals surface area contributed by atoms with Gasteiger partial charge in [0.25, 0.3) is 0 Å². The van der Waals surface area contributed by atoms with Crippen molar-refractivity contribution in [3.8, 4) is 17.1 Å². The van der Waals surface area contributed by atoms with Gasteiger partial charge in [-0.05, 0) is 38.1 Å². The van der Waals surface area contributed by atoms with E-state index in [1.165, 1.54) is 0 Å². The fraction of sp³-hybridized carbons (Fsp3) is 0.524. The first-order chi connectivity index (χ1) is 12.5. The second-order valence-electron chi connectivity index (χ2n) is 7.75. The number of rotatable bonds is 6. The van der Waals surface area contributed by atoms with Gasteiger partial charge in [0.05, 0.1) is 12.7 Å². The molecule has 5 heteroatoms. The van der Waals surface area contributed by atoms with Crippen LogP contribution in [0.15, 0.2) is 36.7 Å². The van der Waals surface area contributed by atoms with E-state index < -0.39 is 0 Å². The summed E-state index contributed by atoms with van der Waals surface area (Å²) in [7, 11) is 6.05. The zero-order chi connectivity index (χ0) is 18.7. The molecule has 0 spiro atoms. The van der Waals surface area contributed by atoms with E-state index in [4.69, 9.17) is 4.74 Å². The van der Waals surface area contributed by atoms with Gasteiger partial charge in [0.15, 0.2) is 5.82 Å². The number of hydrogen-bond donors (Lipinski definition) is 0. The Hall–Kier alpha value is -1.98. The van der Waals surface area contributed by atoms with Crippen LogP contribution in [0.25, 0.3) is 11.4 Å². The van der Waals surface area contributed by atoms with Crippen LogP contribution in [0.4, 0.5) is 0 Å². The summed E-state index contributed by atoms with van der Waals surface area (Å²) in [4.78, 5) is 14.1. The molecule has 0 aliphatic carbocycles. The van der Waals surface area contributed by atoms with Crippen molar-refractivity contribution < 1.29 is 4.74 Å². The predicted octanol–water partition coefficient (Wildman–Crippen LogP) is 3.17. The number of benzene rings is 1. The van der Waals surface area contributed by atoms with Gasteiger partial charge in [-0.3, -0.25) is 4.90 Å². The lowest BCUT2D eigenvalue weighted by molar-refractivity contribution is 0.215. The highest BCUT2D eigenvalue weighted by atomic mass is 16.5. The lowest BCUT2D eigenvalue weighted by atomic mass is 9.91. The molecular formula is C21H30N4O. The number of para-hydroxylation sites is 1. The number of nitrogens with zero attached hydrogens (tertiary/aromatic N) is 4. The number of aromatic nitrogens is 2. The smallest absolute Gasteiger partial charge is 0.162 e. The normalized spacial score (nSPS) is 20.9. The summed E-state index contributed by atoms with van der Waals surface area (Å²) in [6, 6.07) is 8.47. The van der Waals surface area contributed by atoms with Crippen LogP contribution in [0, 0.1) is 11.8 Å². The van der Waals surface area contributed by atoms with Gasteiger partial charge in [-0.1, -0.05) is 26.0 Å². The number of ether oxygens (including phenoxy) is 1. The van der Waals surface area contributed by atoms with Gasteiger partial charge in [0.2, 0.25) is 0 Å². The second kappa shape index (κ2) is 8.14. The van der Waals surface area contributed by atoms with E-state index in [1.807, 2.05) is 36.7 Å². The minimum atomic E-state index is 0.615. The third-order valence-corrected chi connectivity index (χ3v) is 5.39. The van der Waals surface area contributed by atoms with E-state index >= 15 is 0 Å². The van der Waals surface area contributed by atoms with Crippen LogP contribution in [0.5, 0.6) is 5.75 Å². The van der Waals surface area contributed by atoms with E-state index in [-0.39, 0.29) is 0 Å². The van der Waals surface area contributed by atoms with E-state index in [2.05, 4.69) is 47.7 Å². The molecule has 2 heterocycles. The van der Waals surface area contributed by atoms with Crippen LogP contribution in [0.2, 0.25) is 0 Å². The molecule has 1 aromatic carbocycles. The maximum atomic E-state index is 5.41. The molecule has 140 valence electrons. The molecule has 2 aromatic rings. The molecule has 0 unspecified atom stereocenters. The van der Waals surface area contributed by atoms with Gasteiger partial charge >= 0.3 is 0 Å². The van der Waals surface area contributed by atoms with Crippen molar-refractivity contribution >= 4 is 0 Å². The average Bonchev–Trinajstić information content (AvgIpc) is 3.07. The van der Waals surface area contributed by atoms with Crippen LogP contribution in [0.3, 0.4) is 0 Å². The minimum Gasteiger partial charge on any atom is -0.496 e. The Morgan fingerprint density at radius 2 is 1.85 bits per heavy atom. The zero-order valence-corrected chi connectivity index (χ0v) is 16.5. The Morgan fingerprint density at radius 1 is 1.15 bits per heavy atom. The summed E-state index contributed by atoms with van der Waals surface area (Å²) in [5, 5.41) is 0. The van der Waals surface area contributed by atoms with Crippen LogP contribution in [-0.2, 0) is 6.54 Å². The molecule has 0 saturated carbocycles. The van der Waals surface area contributed by atoms with Crippen molar-refractivity contribution in [1.82, 2.24) is 19.8 Å². The van der Waals surface area contributed by atoms with Crippen molar-refractivity contribution in [2.45, 2.75) is 26.4 Å². The SMILES string of the molecule is COc1ccccc1-c1ncc(CN2C[C@@H](N(C)C)[C@H](C(C)C)C2)cn1. The Balaban J connectivity index is 1.70. The summed E-state index contributed by atoms with van der Waals surface area (Å²) in [6.07, 6.45) is 3.89. The maximum absolute atomic E-state index is 5.41. The van der Waals surface area contributed by atoms with Crippen molar-refractivity contribution in [3.05, 3.63) is 42.2 Å². The highest BCUT2D eigenvalue weighted by Crippen LogP contribution is 2.29. The molecule has 3 rings (SSSR count). The first kappa shape index (κ1) is 18.8. The van der Waals surface area contributed by atoms with Crippen molar-refractivity contribution in [2.75, 3.05) is 34.3 Å². The molecule has 5 nitrogen and oxygen atoms in total. The molecule has 26 heavy (non-hydrogen) atoms. The summed E-state index contributed by atoms with van der Waals surface area (Å²) >= 11 is 0. The maximum Gasteiger partial charge on any atom is 0.162 e. The predicted molar refractivity (Wildman–Crippen MR) is 105 cm³/mol. The fourth-order valence-electron chi connectivity index (χ4n) is 3.89. The van der Waals surface area contributed by atoms with E-state index in [0.29, 0.717) is 23.7 Å². The minimum absolute atomic E-state index is 0.615. The fourth-order valence-corrected chi connectivity index (χ4v) is 3.89. The number of likely N-dealkylation sites (N-methyl/N-ethyl adjacent to an activating group) is 1. The third kappa shape index (κ3) is 4.05. The summed E-state index contributed by atoms with van der Waals surface area (Å²) in [6.45, 7) is 7.80. The van der Waals surface area contributed by atoms with Gasteiger partial charge in [-0.25, -0.2) is 9.97 Å². The van der Waals surface area contributed by atoms with Gasteiger partial charge < -0.3 is 9.64 Å². The second-order valence-corrected chi connectivity index (χ2v) is 7.75.